The molecular weight excluding hydrogens is 300 g/mol. The van der Waals surface area contributed by atoms with Crippen LogP contribution in [-0.2, 0) is 9.53 Å². The van der Waals surface area contributed by atoms with E-state index in [1.165, 1.54) is 32.1 Å². The third kappa shape index (κ3) is 1.84. The Balaban J connectivity index is 1.47. The number of ether oxygens (including phenoxy) is 1. The second-order valence-electron chi connectivity index (χ2n) is 10.1. The van der Waals surface area contributed by atoms with Gasteiger partial charge in [0.25, 0.3) is 0 Å². The summed E-state index contributed by atoms with van der Waals surface area (Å²) in [7, 11) is 0. The Morgan fingerprint density at radius 2 is 1.88 bits per heavy atom. The molecule has 0 aromatic heterocycles. The largest absolute Gasteiger partial charge is 0.365 e. The summed E-state index contributed by atoms with van der Waals surface area (Å²) in [5, 5.41) is 10.7. The van der Waals surface area contributed by atoms with Gasteiger partial charge >= 0.3 is 0 Å². The molecule has 1 aliphatic heterocycles. The van der Waals surface area contributed by atoms with Crippen LogP contribution in [0.4, 0.5) is 0 Å². The van der Waals surface area contributed by atoms with E-state index in [4.69, 9.17) is 4.74 Å². The third-order valence-electron chi connectivity index (χ3n) is 9.48. The van der Waals surface area contributed by atoms with E-state index < -0.39 is 5.79 Å². The highest BCUT2D eigenvalue weighted by molar-refractivity contribution is 5.79. The normalized spacial score (nSPS) is 59.5. The van der Waals surface area contributed by atoms with Crippen LogP contribution in [0.25, 0.3) is 0 Å². The van der Waals surface area contributed by atoms with Gasteiger partial charge in [0.15, 0.2) is 5.79 Å². The van der Waals surface area contributed by atoms with Gasteiger partial charge in [-0.1, -0.05) is 6.92 Å². The van der Waals surface area contributed by atoms with E-state index in [-0.39, 0.29) is 5.41 Å². The summed E-state index contributed by atoms with van der Waals surface area (Å²) in [6, 6.07) is 0. The molecule has 0 bridgehead atoms. The Kier molecular flexibility index (Phi) is 3.20. The topological polar surface area (TPSA) is 46.5 Å². The molecule has 1 unspecified atom stereocenters. The van der Waals surface area contributed by atoms with Crippen LogP contribution in [0, 0.1) is 40.4 Å². The highest BCUT2D eigenvalue weighted by Crippen LogP contribution is 2.70. The van der Waals surface area contributed by atoms with Crippen LogP contribution in [0.2, 0.25) is 0 Å². The molecule has 5 aliphatic rings. The van der Waals surface area contributed by atoms with Crippen molar-refractivity contribution in [3.63, 3.8) is 0 Å². The first kappa shape index (κ1) is 15.8. The predicted molar refractivity (Wildman–Crippen MR) is 91.1 cm³/mol. The third-order valence-corrected chi connectivity index (χ3v) is 9.48. The van der Waals surface area contributed by atoms with Crippen LogP contribution in [0.15, 0.2) is 0 Å². The van der Waals surface area contributed by atoms with Gasteiger partial charge in [-0.15, -0.1) is 0 Å². The van der Waals surface area contributed by atoms with E-state index in [9.17, 15) is 9.90 Å². The number of fused-ring (bicyclic) bond motifs is 4. The van der Waals surface area contributed by atoms with Gasteiger partial charge < -0.3 is 9.84 Å². The molecule has 134 valence electrons. The van der Waals surface area contributed by atoms with Crippen LogP contribution < -0.4 is 0 Å². The standard InChI is InChI=1S/C21H32O3/c1-19-9-7-14(22)11-13(19)3-4-15-16(19)8-10-21-12-24-20(2,23)18(21)6-5-17(15)21/h13,15-18,23H,3-12H2,1-2H3/t13-,15+,16-,17-,18+,19-,20?,21+/m0/s1. The van der Waals surface area contributed by atoms with E-state index in [0.29, 0.717) is 23.0 Å². The second kappa shape index (κ2) is 4.85. The van der Waals surface area contributed by atoms with Gasteiger partial charge in [-0.2, -0.15) is 0 Å². The second-order valence-corrected chi connectivity index (χ2v) is 10.1. The number of carbonyl (C=O) groups is 1. The summed E-state index contributed by atoms with van der Waals surface area (Å²) in [4.78, 5) is 12.0. The molecule has 1 heterocycles. The van der Waals surface area contributed by atoms with E-state index >= 15 is 0 Å². The van der Waals surface area contributed by atoms with Crippen LogP contribution in [0.3, 0.4) is 0 Å². The minimum Gasteiger partial charge on any atom is -0.365 e. The summed E-state index contributed by atoms with van der Waals surface area (Å²) in [5.74, 6) is 2.92. The van der Waals surface area contributed by atoms with E-state index in [1.807, 2.05) is 6.92 Å². The molecule has 1 spiro atoms. The van der Waals surface area contributed by atoms with Gasteiger partial charge in [0, 0.05) is 24.2 Å². The predicted octanol–water partition coefficient (Wildman–Crippen LogP) is 3.93. The lowest BCUT2D eigenvalue weighted by Gasteiger charge is -2.60. The molecule has 4 saturated carbocycles. The highest BCUT2D eigenvalue weighted by Gasteiger charge is 2.67. The molecule has 0 aromatic carbocycles. The lowest BCUT2D eigenvalue weighted by Crippen LogP contribution is -2.54. The first-order chi connectivity index (χ1) is 11.4. The number of carbonyl (C=O) groups excluding carboxylic acids is 1. The van der Waals surface area contributed by atoms with Gasteiger partial charge in [-0.3, -0.25) is 4.79 Å². The Morgan fingerprint density at radius 3 is 2.71 bits per heavy atom. The zero-order valence-corrected chi connectivity index (χ0v) is 15.2. The van der Waals surface area contributed by atoms with Crippen molar-refractivity contribution in [1.82, 2.24) is 0 Å². The summed E-state index contributed by atoms with van der Waals surface area (Å²) >= 11 is 0. The summed E-state index contributed by atoms with van der Waals surface area (Å²) in [6.07, 6.45) is 10.3. The molecule has 5 rings (SSSR count). The van der Waals surface area contributed by atoms with Gasteiger partial charge in [0.2, 0.25) is 0 Å². The number of ketones is 1. The molecule has 3 nitrogen and oxygen atoms in total. The van der Waals surface area contributed by atoms with Crippen molar-refractivity contribution in [3.8, 4) is 0 Å². The number of rotatable bonds is 0. The zero-order chi connectivity index (χ0) is 16.7. The average Bonchev–Trinajstić information content (AvgIpc) is 3.04. The highest BCUT2D eigenvalue weighted by atomic mass is 16.6. The Labute approximate surface area is 145 Å². The maximum absolute atomic E-state index is 12.0. The van der Waals surface area contributed by atoms with Crippen molar-refractivity contribution in [2.24, 2.45) is 40.4 Å². The van der Waals surface area contributed by atoms with Crippen molar-refractivity contribution in [2.75, 3.05) is 6.61 Å². The number of aliphatic hydroxyl groups is 1. The molecule has 24 heavy (non-hydrogen) atoms. The van der Waals surface area contributed by atoms with Gasteiger partial charge in [-0.25, -0.2) is 0 Å². The molecule has 3 heteroatoms. The summed E-state index contributed by atoms with van der Waals surface area (Å²) < 4.78 is 5.90. The fourth-order valence-electron chi connectivity index (χ4n) is 8.32. The van der Waals surface area contributed by atoms with Gasteiger partial charge in [0.1, 0.15) is 5.78 Å². The van der Waals surface area contributed by atoms with Crippen molar-refractivity contribution in [2.45, 2.75) is 77.4 Å². The SMILES string of the molecule is CC1(O)OC[C@]23CC[C@H]4[C@@H](CC[C@H]5CC(=O)CC[C@@]54C)[C@@H]2CC[C@H]13. The quantitative estimate of drug-likeness (QED) is 0.731. The van der Waals surface area contributed by atoms with Crippen molar-refractivity contribution >= 4 is 5.78 Å². The fourth-order valence-corrected chi connectivity index (χ4v) is 8.32. The number of hydrogen-bond acceptors (Lipinski definition) is 3. The first-order valence-electron chi connectivity index (χ1n) is 10.2. The van der Waals surface area contributed by atoms with Crippen LogP contribution >= 0.6 is 0 Å². The maximum Gasteiger partial charge on any atom is 0.166 e. The monoisotopic (exact) mass is 332 g/mol. The summed E-state index contributed by atoms with van der Waals surface area (Å²) in [6.45, 7) is 5.18. The van der Waals surface area contributed by atoms with E-state index in [2.05, 4.69) is 6.92 Å². The smallest absolute Gasteiger partial charge is 0.166 e. The Morgan fingerprint density at radius 1 is 1.04 bits per heavy atom. The molecular formula is C21H32O3. The molecule has 0 aromatic rings. The molecule has 0 amide bonds. The van der Waals surface area contributed by atoms with Crippen LogP contribution in [0.1, 0.15) is 71.6 Å². The number of Topliss-reactive ketones (excluding diaryl/α,β-unsaturated/α-hetero) is 1. The molecule has 1 saturated heterocycles. The lowest BCUT2D eigenvalue weighted by atomic mass is 9.44. The molecule has 0 radical (unpaired) electrons. The first-order valence-corrected chi connectivity index (χ1v) is 10.2. The minimum atomic E-state index is -0.903. The molecule has 1 N–H and O–H groups in total. The van der Waals surface area contributed by atoms with E-state index in [0.717, 1.165) is 50.0 Å². The van der Waals surface area contributed by atoms with E-state index in [1.54, 1.807) is 0 Å². The van der Waals surface area contributed by atoms with Crippen molar-refractivity contribution < 1.29 is 14.6 Å². The average molecular weight is 332 g/mol. The van der Waals surface area contributed by atoms with Crippen molar-refractivity contribution in [3.05, 3.63) is 0 Å². The van der Waals surface area contributed by atoms with Crippen LogP contribution in [-0.4, -0.2) is 23.3 Å². The Hall–Kier alpha value is -0.410. The van der Waals surface area contributed by atoms with Crippen molar-refractivity contribution in [1.29, 1.82) is 0 Å². The molecule has 8 atom stereocenters. The minimum absolute atomic E-state index is 0.248. The van der Waals surface area contributed by atoms with Crippen LogP contribution in [0.5, 0.6) is 0 Å². The Bertz CT molecular complexity index is 569. The summed E-state index contributed by atoms with van der Waals surface area (Å²) in [5.41, 5.74) is 0.636. The fraction of sp³-hybridized carbons (Fsp3) is 0.952. The zero-order valence-electron chi connectivity index (χ0n) is 15.2. The molecule has 5 fully saturated rings. The lowest BCUT2D eigenvalue weighted by molar-refractivity contribution is -0.180. The van der Waals surface area contributed by atoms with Gasteiger partial charge in [0.05, 0.1) is 6.61 Å². The number of hydrogen-bond donors (Lipinski definition) is 1. The maximum atomic E-state index is 12.0. The van der Waals surface area contributed by atoms with Gasteiger partial charge in [-0.05, 0) is 81.0 Å². The molecule has 4 aliphatic carbocycles.